The van der Waals surface area contributed by atoms with E-state index in [-0.39, 0.29) is 0 Å². The van der Waals surface area contributed by atoms with Crippen molar-refractivity contribution in [3.8, 4) is 0 Å². The summed E-state index contributed by atoms with van der Waals surface area (Å²) in [6.45, 7) is 4.23. The molecule has 3 rings (SSSR count). The van der Waals surface area contributed by atoms with Gasteiger partial charge in [-0.25, -0.2) is 0 Å². The van der Waals surface area contributed by atoms with Crippen LogP contribution in [-0.4, -0.2) is 0 Å². The number of halogens is 1. The summed E-state index contributed by atoms with van der Waals surface area (Å²) in [5.41, 5.74) is 3.29. The molecular weight excluding hydrogens is 252 g/mol. The SMILES string of the molecule is C=C(c1ccc(Cl)cc1)c1cccc2ccccc12. The molecule has 0 saturated heterocycles. The van der Waals surface area contributed by atoms with Crippen LogP contribution in [0, 0.1) is 0 Å². The number of benzene rings is 3. The van der Waals surface area contributed by atoms with Gasteiger partial charge in [0.2, 0.25) is 0 Å². The van der Waals surface area contributed by atoms with Crippen LogP contribution in [-0.2, 0) is 0 Å². The van der Waals surface area contributed by atoms with Crippen molar-refractivity contribution in [3.05, 3.63) is 89.5 Å². The molecule has 19 heavy (non-hydrogen) atoms. The minimum Gasteiger partial charge on any atom is -0.0905 e. The fourth-order valence-corrected chi connectivity index (χ4v) is 2.42. The van der Waals surface area contributed by atoms with Crippen LogP contribution in [0.3, 0.4) is 0 Å². The smallest absolute Gasteiger partial charge is 0.0406 e. The molecule has 0 N–H and O–H groups in total. The Kier molecular flexibility index (Phi) is 3.10. The number of hydrogen-bond acceptors (Lipinski definition) is 0. The molecule has 0 aromatic heterocycles. The van der Waals surface area contributed by atoms with E-state index in [2.05, 4.69) is 49.0 Å². The third kappa shape index (κ3) is 2.27. The van der Waals surface area contributed by atoms with Gasteiger partial charge in [0.1, 0.15) is 0 Å². The maximum absolute atomic E-state index is 5.93. The zero-order valence-corrected chi connectivity index (χ0v) is 11.2. The van der Waals surface area contributed by atoms with Gasteiger partial charge in [0.25, 0.3) is 0 Å². The summed E-state index contributed by atoms with van der Waals surface area (Å²) < 4.78 is 0. The molecule has 0 aliphatic carbocycles. The molecule has 92 valence electrons. The predicted octanol–water partition coefficient (Wildman–Crippen LogP) is 5.55. The zero-order chi connectivity index (χ0) is 13.2. The average Bonchev–Trinajstić information content (AvgIpc) is 2.47. The van der Waals surface area contributed by atoms with Gasteiger partial charge in [0.05, 0.1) is 0 Å². The fourth-order valence-electron chi connectivity index (χ4n) is 2.30. The molecule has 0 amide bonds. The molecule has 3 aromatic carbocycles. The van der Waals surface area contributed by atoms with Gasteiger partial charge in [-0.2, -0.15) is 0 Å². The lowest BCUT2D eigenvalue weighted by atomic mass is 9.94. The minimum absolute atomic E-state index is 0.745. The average molecular weight is 265 g/mol. The summed E-state index contributed by atoms with van der Waals surface area (Å²) in [5.74, 6) is 0. The van der Waals surface area contributed by atoms with Gasteiger partial charge >= 0.3 is 0 Å². The molecule has 0 spiro atoms. The van der Waals surface area contributed by atoms with Crippen LogP contribution in [0.15, 0.2) is 73.3 Å². The van der Waals surface area contributed by atoms with Crippen LogP contribution in [0.2, 0.25) is 5.02 Å². The molecule has 0 atom stereocenters. The number of hydrogen-bond donors (Lipinski definition) is 0. The second kappa shape index (κ2) is 4.91. The predicted molar refractivity (Wildman–Crippen MR) is 83.5 cm³/mol. The molecule has 0 aliphatic heterocycles. The van der Waals surface area contributed by atoms with Crippen molar-refractivity contribution in [2.45, 2.75) is 0 Å². The zero-order valence-electron chi connectivity index (χ0n) is 10.4. The lowest BCUT2D eigenvalue weighted by molar-refractivity contribution is 1.58. The molecule has 0 heterocycles. The van der Waals surface area contributed by atoms with Crippen molar-refractivity contribution < 1.29 is 0 Å². The van der Waals surface area contributed by atoms with Crippen molar-refractivity contribution >= 4 is 27.9 Å². The van der Waals surface area contributed by atoms with Crippen LogP contribution in [0.4, 0.5) is 0 Å². The number of fused-ring (bicyclic) bond motifs is 1. The van der Waals surface area contributed by atoms with E-state index in [0.717, 1.165) is 16.2 Å². The second-order valence-electron chi connectivity index (χ2n) is 4.51. The van der Waals surface area contributed by atoms with Gasteiger partial charge in [-0.15, -0.1) is 0 Å². The molecule has 0 aliphatic rings. The van der Waals surface area contributed by atoms with E-state index in [1.54, 1.807) is 0 Å². The van der Waals surface area contributed by atoms with Crippen LogP contribution in [0.5, 0.6) is 0 Å². The summed E-state index contributed by atoms with van der Waals surface area (Å²) in [4.78, 5) is 0. The second-order valence-corrected chi connectivity index (χ2v) is 4.95. The van der Waals surface area contributed by atoms with Crippen molar-refractivity contribution in [1.82, 2.24) is 0 Å². The molecule has 3 aromatic rings. The Morgan fingerprint density at radius 1 is 0.789 bits per heavy atom. The van der Waals surface area contributed by atoms with Gasteiger partial charge in [0.15, 0.2) is 0 Å². The van der Waals surface area contributed by atoms with Gasteiger partial charge in [0, 0.05) is 5.02 Å². The van der Waals surface area contributed by atoms with Crippen LogP contribution >= 0.6 is 11.6 Å². The topological polar surface area (TPSA) is 0 Å². The van der Waals surface area contributed by atoms with E-state index < -0.39 is 0 Å². The first-order chi connectivity index (χ1) is 9.25. The first-order valence-electron chi connectivity index (χ1n) is 6.19. The van der Waals surface area contributed by atoms with Gasteiger partial charge in [-0.3, -0.25) is 0 Å². The molecule has 1 heteroatoms. The van der Waals surface area contributed by atoms with E-state index in [0.29, 0.717) is 0 Å². The highest BCUT2D eigenvalue weighted by atomic mass is 35.5. The lowest BCUT2D eigenvalue weighted by Gasteiger charge is -2.10. The molecule has 0 saturated carbocycles. The standard InChI is InChI=1S/C18H13Cl/c1-13(14-9-11-16(19)12-10-14)17-8-4-6-15-5-2-3-7-18(15)17/h2-12H,1H2. The highest BCUT2D eigenvalue weighted by molar-refractivity contribution is 6.30. The maximum Gasteiger partial charge on any atom is 0.0406 e. The highest BCUT2D eigenvalue weighted by Crippen LogP contribution is 2.29. The Labute approximate surface area is 118 Å². The third-order valence-corrected chi connectivity index (χ3v) is 3.56. The summed E-state index contributed by atoms with van der Waals surface area (Å²) in [6, 6.07) is 22.5. The number of rotatable bonds is 2. The van der Waals surface area contributed by atoms with Crippen LogP contribution in [0.25, 0.3) is 16.3 Å². The van der Waals surface area contributed by atoms with Crippen LogP contribution in [0.1, 0.15) is 11.1 Å². The minimum atomic E-state index is 0.745. The molecule has 0 bridgehead atoms. The Morgan fingerprint density at radius 3 is 2.26 bits per heavy atom. The Morgan fingerprint density at radius 2 is 1.47 bits per heavy atom. The van der Waals surface area contributed by atoms with Crippen molar-refractivity contribution in [2.75, 3.05) is 0 Å². The molecule has 0 fully saturated rings. The van der Waals surface area contributed by atoms with E-state index in [1.807, 2.05) is 24.3 Å². The monoisotopic (exact) mass is 264 g/mol. The first kappa shape index (κ1) is 12.0. The largest absolute Gasteiger partial charge is 0.0905 e. The van der Waals surface area contributed by atoms with Crippen molar-refractivity contribution in [2.24, 2.45) is 0 Å². The summed E-state index contributed by atoms with van der Waals surface area (Å²) >= 11 is 5.93. The Balaban J connectivity index is 2.14. The highest BCUT2D eigenvalue weighted by Gasteiger charge is 2.06. The maximum atomic E-state index is 5.93. The molecule has 0 nitrogen and oxygen atoms in total. The van der Waals surface area contributed by atoms with E-state index in [4.69, 9.17) is 11.6 Å². The normalized spacial score (nSPS) is 10.6. The molecular formula is C18H13Cl. The lowest BCUT2D eigenvalue weighted by Crippen LogP contribution is -1.88. The first-order valence-corrected chi connectivity index (χ1v) is 6.56. The van der Waals surface area contributed by atoms with Crippen LogP contribution < -0.4 is 0 Å². The van der Waals surface area contributed by atoms with Gasteiger partial charge < -0.3 is 0 Å². The van der Waals surface area contributed by atoms with Gasteiger partial charge in [-0.1, -0.05) is 72.8 Å². The van der Waals surface area contributed by atoms with Gasteiger partial charge in [-0.05, 0) is 39.6 Å². The van der Waals surface area contributed by atoms with E-state index in [9.17, 15) is 0 Å². The van der Waals surface area contributed by atoms with E-state index in [1.165, 1.54) is 16.3 Å². The summed E-state index contributed by atoms with van der Waals surface area (Å²) in [7, 11) is 0. The quantitative estimate of drug-likeness (QED) is 0.569. The summed E-state index contributed by atoms with van der Waals surface area (Å²) in [5, 5.41) is 3.20. The molecule has 0 unspecified atom stereocenters. The molecule has 0 radical (unpaired) electrons. The van der Waals surface area contributed by atoms with Crippen molar-refractivity contribution in [1.29, 1.82) is 0 Å². The van der Waals surface area contributed by atoms with E-state index >= 15 is 0 Å². The Hall–Kier alpha value is -2.05. The summed E-state index contributed by atoms with van der Waals surface area (Å²) in [6.07, 6.45) is 0. The Bertz CT molecular complexity index is 734. The fraction of sp³-hybridized carbons (Fsp3) is 0. The third-order valence-electron chi connectivity index (χ3n) is 3.31. The van der Waals surface area contributed by atoms with Crippen molar-refractivity contribution in [3.63, 3.8) is 0 Å².